The van der Waals surface area contributed by atoms with Gasteiger partial charge in [0.1, 0.15) is 23.2 Å². The molecule has 2 aromatic heterocycles. The summed E-state index contributed by atoms with van der Waals surface area (Å²) in [7, 11) is 0. The fourth-order valence-electron chi connectivity index (χ4n) is 2.79. The zero-order valence-electron chi connectivity index (χ0n) is 12.7. The average molecular weight is 313 g/mol. The minimum Gasteiger partial charge on any atom is -0.488 e. The van der Waals surface area contributed by atoms with Crippen molar-refractivity contribution in [3.63, 3.8) is 0 Å². The van der Waals surface area contributed by atoms with Gasteiger partial charge in [-0.1, -0.05) is 0 Å². The van der Waals surface area contributed by atoms with E-state index in [1.807, 2.05) is 17.9 Å². The van der Waals surface area contributed by atoms with Crippen molar-refractivity contribution in [3.05, 3.63) is 48.0 Å². The average Bonchev–Trinajstić information content (AvgIpc) is 3.15. The van der Waals surface area contributed by atoms with Crippen molar-refractivity contribution in [2.45, 2.75) is 19.4 Å². The minimum atomic E-state index is -0.323. The molecule has 1 aromatic carbocycles. The van der Waals surface area contributed by atoms with Crippen LogP contribution in [0.4, 0.5) is 10.4 Å². The van der Waals surface area contributed by atoms with Crippen molar-refractivity contribution < 1.29 is 13.5 Å². The van der Waals surface area contributed by atoms with E-state index in [1.54, 1.807) is 18.5 Å². The molecule has 3 heterocycles. The number of aryl methyl sites for hydroxylation is 1. The largest absolute Gasteiger partial charge is 0.488 e. The second-order valence-corrected chi connectivity index (χ2v) is 5.72. The third kappa shape index (κ3) is 2.72. The van der Waals surface area contributed by atoms with Gasteiger partial charge < -0.3 is 14.1 Å². The molecule has 0 aliphatic carbocycles. The van der Waals surface area contributed by atoms with Crippen LogP contribution in [0.2, 0.25) is 0 Å². The number of hydrogen-bond donors (Lipinski definition) is 0. The third-order valence-corrected chi connectivity index (χ3v) is 4.02. The summed E-state index contributed by atoms with van der Waals surface area (Å²) in [5.41, 5.74) is 2.15. The summed E-state index contributed by atoms with van der Waals surface area (Å²) in [6, 6.07) is 6.76. The van der Waals surface area contributed by atoms with E-state index in [2.05, 4.69) is 9.97 Å². The lowest BCUT2D eigenvalue weighted by molar-refractivity contribution is 0.223. The van der Waals surface area contributed by atoms with Gasteiger partial charge in [-0.3, -0.25) is 4.98 Å². The van der Waals surface area contributed by atoms with Gasteiger partial charge in [0.15, 0.2) is 5.58 Å². The van der Waals surface area contributed by atoms with Crippen LogP contribution in [0.1, 0.15) is 12.0 Å². The normalized spacial score (nSPS) is 17.8. The number of aromatic nitrogens is 2. The SMILES string of the molecule is Cc1cnccc1OC1CCN(c2nc3ccc(F)cc3o2)C1. The van der Waals surface area contributed by atoms with Gasteiger partial charge in [0.05, 0.1) is 6.54 Å². The number of hydrogen-bond acceptors (Lipinski definition) is 5. The van der Waals surface area contributed by atoms with Gasteiger partial charge in [-0.25, -0.2) is 4.39 Å². The maximum absolute atomic E-state index is 13.2. The summed E-state index contributed by atoms with van der Waals surface area (Å²) in [6.45, 7) is 3.46. The minimum absolute atomic E-state index is 0.0721. The number of ether oxygens (including phenoxy) is 1. The second kappa shape index (κ2) is 5.53. The van der Waals surface area contributed by atoms with Crippen LogP contribution >= 0.6 is 0 Å². The molecular weight excluding hydrogens is 297 g/mol. The fourth-order valence-corrected chi connectivity index (χ4v) is 2.79. The highest BCUT2D eigenvalue weighted by atomic mass is 19.1. The highest BCUT2D eigenvalue weighted by molar-refractivity contribution is 5.74. The lowest BCUT2D eigenvalue weighted by Gasteiger charge is -2.16. The monoisotopic (exact) mass is 313 g/mol. The van der Waals surface area contributed by atoms with Crippen molar-refractivity contribution in [2.75, 3.05) is 18.0 Å². The summed E-state index contributed by atoms with van der Waals surface area (Å²) in [5, 5.41) is 0. The quantitative estimate of drug-likeness (QED) is 0.742. The Bertz CT molecular complexity index is 849. The van der Waals surface area contributed by atoms with Crippen molar-refractivity contribution in [1.29, 1.82) is 0 Å². The molecule has 3 aromatic rings. The summed E-state index contributed by atoms with van der Waals surface area (Å²) < 4.78 is 24.9. The van der Waals surface area contributed by atoms with E-state index in [0.29, 0.717) is 23.7 Å². The van der Waals surface area contributed by atoms with E-state index in [-0.39, 0.29) is 11.9 Å². The molecule has 0 bridgehead atoms. The Hall–Kier alpha value is -2.63. The molecule has 6 heteroatoms. The van der Waals surface area contributed by atoms with Crippen molar-refractivity contribution in [3.8, 4) is 5.75 Å². The summed E-state index contributed by atoms with van der Waals surface area (Å²) in [5.74, 6) is 0.530. The van der Waals surface area contributed by atoms with Gasteiger partial charge >= 0.3 is 0 Å². The van der Waals surface area contributed by atoms with Crippen LogP contribution in [-0.4, -0.2) is 29.2 Å². The molecule has 1 aliphatic rings. The number of rotatable bonds is 3. The van der Waals surface area contributed by atoms with E-state index >= 15 is 0 Å². The molecule has 0 radical (unpaired) electrons. The Morgan fingerprint density at radius 2 is 2.26 bits per heavy atom. The van der Waals surface area contributed by atoms with E-state index in [1.165, 1.54) is 12.1 Å². The van der Waals surface area contributed by atoms with Crippen molar-refractivity contribution in [1.82, 2.24) is 9.97 Å². The first-order valence-corrected chi connectivity index (χ1v) is 7.57. The summed E-state index contributed by atoms with van der Waals surface area (Å²) >= 11 is 0. The molecule has 0 N–H and O–H groups in total. The molecule has 5 nitrogen and oxygen atoms in total. The second-order valence-electron chi connectivity index (χ2n) is 5.72. The van der Waals surface area contributed by atoms with Crippen LogP contribution < -0.4 is 9.64 Å². The first-order valence-electron chi connectivity index (χ1n) is 7.57. The van der Waals surface area contributed by atoms with Gasteiger partial charge in [0.2, 0.25) is 0 Å². The van der Waals surface area contributed by atoms with Crippen LogP contribution in [0.25, 0.3) is 11.1 Å². The molecule has 0 saturated carbocycles. The molecule has 118 valence electrons. The van der Waals surface area contributed by atoms with Crippen LogP contribution in [-0.2, 0) is 0 Å². The number of halogens is 1. The predicted octanol–water partition coefficient (Wildman–Crippen LogP) is 3.33. The highest BCUT2D eigenvalue weighted by Gasteiger charge is 2.27. The molecule has 1 saturated heterocycles. The number of benzene rings is 1. The van der Waals surface area contributed by atoms with E-state index in [0.717, 1.165) is 24.3 Å². The number of fused-ring (bicyclic) bond motifs is 1. The van der Waals surface area contributed by atoms with Crippen LogP contribution in [0.15, 0.2) is 41.1 Å². The maximum atomic E-state index is 13.2. The Morgan fingerprint density at radius 3 is 3.13 bits per heavy atom. The molecule has 1 aliphatic heterocycles. The predicted molar refractivity (Wildman–Crippen MR) is 84.2 cm³/mol. The molecule has 1 fully saturated rings. The fraction of sp³-hybridized carbons (Fsp3) is 0.294. The standard InChI is InChI=1S/C17H16FN3O2/c1-11-9-19-6-4-15(11)22-13-5-7-21(10-13)17-20-14-3-2-12(18)8-16(14)23-17/h2-4,6,8-9,13H,5,7,10H2,1H3. The molecule has 1 unspecified atom stereocenters. The molecule has 0 spiro atoms. The smallest absolute Gasteiger partial charge is 0.298 e. The van der Waals surface area contributed by atoms with Crippen molar-refractivity contribution in [2.24, 2.45) is 0 Å². The lowest BCUT2D eigenvalue weighted by Crippen LogP contribution is -2.24. The van der Waals surface area contributed by atoms with Crippen LogP contribution in [0, 0.1) is 12.7 Å². The van der Waals surface area contributed by atoms with Crippen molar-refractivity contribution >= 4 is 17.1 Å². The molecule has 4 rings (SSSR count). The Labute approximate surface area is 132 Å². The van der Waals surface area contributed by atoms with E-state index < -0.39 is 0 Å². The Kier molecular flexibility index (Phi) is 3.37. The van der Waals surface area contributed by atoms with Gasteiger partial charge in [0, 0.05) is 37.0 Å². The third-order valence-electron chi connectivity index (χ3n) is 4.02. The number of oxazole rings is 1. The van der Waals surface area contributed by atoms with Crippen LogP contribution in [0.5, 0.6) is 5.75 Å². The Balaban J connectivity index is 1.50. The van der Waals surface area contributed by atoms with E-state index in [9.17, 15) is 4.39 Å². The lowest BCUT2D eigenvalue weighted by atomic mass is 10.2. The van der Waals surface area contributed by atoms with Gasteiger partial charge in [0.25, 0.3) is 6.01 Å². The first-order chi connectivity index (χ1) is 11.2. The van der Waals surface area contributed by atoms with E-state index in [4.69, 9.17) is 9.15 Å². The van der Waals surface area contributed by atoms with Gasteiger partial charge in [-0.2, -0.15) is 4.98 Å². The molecule has 23 heavy (non-hydrogen) atoms. The zero-order chi connectivity index (χ0) is 15.8. The molecule has 0 amide bonds. The summed E-state index contributed by atoms with van der Waals surface area (Å²) in [6.07, 6.45) is 4.47. The Morgan fingerprint density at radius 1 is 1.35 bits per heavy atom. The highest BCUT2D eigenvalue weighted by Crippen LogP contribution is 2.27. The topological polar surface area (TPSA) is 51.4 Å². The molecular formula is C17H16FN3O2. The first kappa shape index (κ1) is 14.0. The molecule has 1 atom stereocenters. The number of pyridine rings is 1. The number of nitrogens with zero attached hydrogens (tertiary/aromatic N) is 3. The number of anilines is 1. The zero-order valence-corrected chi connectivity index (χ0v) is 12.7. The van der Waals surface area contributed by atoms with Gasteiger partial charge in [-0.15, -0.1) is 0 Å². The van der Waals surface area contributed by atoms with Gasteiger partial charge in [-0.05, 0) is 25.1 Å². The maximum Gasteiger partial charge on any atom is 0.298 e. The van der Waals surface area contributed by atoms with Crippen LogP contribution in [0.3, 0.4) is 0 Å². The summed E-state index contributed by atoms with van der Waals surface area (Å²) in [4.78, 5) is 10.5.